The van der Waals surface area contributed by atoms with Crippen molar-refractivity contribution in [2.24, 2.45) is 9.98 Å². The number of benzene rings is 2. The van der Waals surface area contributed by atoms with E-state index in [0.717, 1.165) is 25.1 Å². The molecule has 0 saturated carbocycles. The Morgan fingerprint density at radius 3 is 1.29 bits per heavy atom. The Hall–Kier alpha value is -1.18. The van der Waals surface area contributed by atoms with Crippen LogP contribution in [0, 0.1) is 0 Å². The fraction of sp³-hybridized carbons (Fsp3) is 0.500. The van der Waals surface area contributed by atoms with Crippen LogP contribution in [0.2, 0.25) is 0 Å². The minimum atomic E-state index is -0.0653. The molecule has 0 bridgehead atoms. The largest absolute Gasteiger partial charge is 0.367 e. The standard InChI is InChI=1S/C14H19BrN2.C8H16N2.C6H4Br2/c1-10-16-13(2,3)14(4,5)17(10)12-8-6-11(15)7-9-12;1-6-9-7(2,3)8(4,5)10-6;7-5-1-2-6(8)4-3-5/h6-9H,1-5H3;1-5H3,(H,9,10);1-4H. The number of aliphatic imine (C=N–C) groups is 2. The topological polar surface area (TPSA) is 40.0 Å². The maximum Gasteiger partial charge on any atom is 0.102 e. The highest BCUT2D eigenvalue weighted by molar-refractivity contribution is 9.11. The van der Waals surface area contributed by atoms with Crippen molar-refractivity contribution in [2.75, 3.05) is 4.90 Å². The lowest BCUT2D eigenvalue weighted by atomic mass is 9.83. The molecule has 2 aliphatic rings. The van der Waals surface area contributed by atoms with Crippen LogP contribution in [0.25, 0.3) is 0 Å². The van der Waals surface area contributed by atoms with E-state index in [1.165, 1.54) is 5.69 Å². The Kier molecular flexibility index (Phi) is 9.49. The van der Waals surface area contributed by atoms with E-state index in [2.05, 4.69) is 150 Å². The summed E-state index contributed by atoms with van der Waals surface area (Å²) in [7, 11) is 0. The molecule has 4 nitrogen and oxygen atoms in total. The number of amidine groups is 2. The van der Waals surface area contributed by atoms with E-state index in [1.54, 1.807) is 0 Å². The fourth-order valence-electron chi connectivity index (χ4n) is 3.99. The third-order valence-electron chi connectivity index (χ3n) is 7.18. The van der Waals surface area contributed by atoms with E-state index in [4.69, 9.17) is 4.99 Å². The van der Waals surface area contributed by atoms with E-state index in [9.17, 15) is 0 Å². The summed E-state index contributed by atoms with van der Waals surface area (Å²) in [6, 6.07) is 16.4. The average molecular weight is 671 g/mol. The van der Waals surface area contributed by atoms with Gasteiger partial charge in [-0.25, -0.2) is 0 Å². The molecule has 0 saturated heterocycles. The molecule has 35 heavy (non-hydrogen) atoms. The monoisotopic (exact) mass is 668 g/mol. The van der Waals surface area contributed by atoms with Gasteiger partial charge in [0.15, 0.2) is 0 Å². The van der Waals surface area contributed by atoms with Gasteiger partial charge in [-0.05, 0) is 118 Å². The predicted octanol–water partition coefficient (Wildman–Crippen LogP) is 9.02. The van der Waals surface area contributed by atoms with Gasteiger partial charge in [-0.3, -0.25) is 9.98 Å². The van der Waals surface area contributed by atoms with Crippen LogP contribution in [0.15, 0.2) is 71.9 Å². The fourth-order valence-corrected chi connectivity index (χ4v) is 4.78. The summed E-state index contributed by atoms with van der Waals surface area (Å²) in [5.74, 6) is 2.14. The van der Waals surface area contributed by atoms with E-state index in [1.807, 2.05) is 31.2 Å². The van der Waals surface area contributed by atoms with Crippen molar-refractivity contribution in [1.29, 1.82) is 0 Å². The average Bonchev–Trinajstić information content (AvgIpc) is 3.00. The van der Waals surface area contributed by atoms with E-state index in [0.29, 0.717) is 0 Å². The normalized spacial score (nSPS) is 20.4. The van der Waals surface area contributed by atoms with Crippen molar-refractivity contribution >= 4 is 65.1 Å². The van der Waals surface area contributed by atoms with E-state index >= 15 is 0 Å². The van der Waals surface area contributed by atoms with Crippen LogP contribution in [0.4, 0.5) is 5.69 Å². The first kappa shape index (κ1) is 30.0. The molecule has 2 heterocycles. The molecule has 7 heteroatoms. The maximum absolute atomic E-state index is 4.78. The molecule has 0 spiro atoms. The quantitative estimate of drug-likeness (QED) is 0.329. The van der Waals surface area contributed by atoms with Crippen LogP contribution >= 0.6 is 47.8 Å². The Bertz CT molecular complexity index is 1050. The molecular formula is C28H39Br3N4. The summed E-state index contributed by atoms with van der Waals surface area (Å²) in [5.41, 5.74) is 1.27. The number of hydrogen-bond donors (Lipinski definition) is 1. The SMILES string of the molecule is Brc1ccc(Br)cc1.CC1=NC(C)(C)C(C)(C)N1.CC1=NC(C)(C)C(C)(C)N1c1ccc(Br)cc1. The van der Waals surface area contributed by atoms with Crippen molar-refractivity contribution in [3.8, 4) is 0 Å². The van der Waals surface area contributed by atoms with Gasteiger partial charge in [0.1, 0.15) is 5.84 Å². The van der Waals surface area contributed by atoms with Gasteiger partial charge in [0.2, 0.25) is 0 Å². The second-order valence-corrected chi connectivity index (χ2v) is 13.8. The van der Waals surface area contributed by atoms with Gasteiger partial charge in [0.25, 0.3) is 0 Å². The van der Waals surface area contributed by atoms with Gasteiger partial charge in [0, 0.05) is 19.1 Å². The first-order valence-corrected chi connectivity index (χ1v) is 14.2. The second-order valence-electron chi connectivity index (χ2n) is 11.0. The lowest BCUT2D eigenvalue weighted by Crippen LogP contribution is -2.52. The summed E-state index contributed by atoms with van der Waals surface area (Å²) >= 11 is 10.1. The van der Waals surface area contributed by atoms with Crippen molar-refractivity contribution in [3.05, 3.63) is 61.9 Å². The van der Waals surface area contributed by atoms with Crippen LogP contribution < -0.4 is 10.2 Å². The molecule has 192 valence electrons. The Morgan fingerprint density at radius 2 is 1.03 bits per heavy atom. The summed E-state index contributed by atoms with van der Waals surface area (Å²) < 4.78 is 3.33. The Morgan fingerprint density at radius 1 is 0.629 bits per heavy atom. The van der Waals surface area contributed by atoms with Crippen molar-refractivity contribution < 1.29 is 0 Å². The second kappa shape index (κ2) is 11.1. The van der Waals surface area contributed by atoms with Crippen molar-refractivity contribution in [3.63, 3.8) is 0 Å². The molecule has 2 aromatic rings. The lowest BCUT2D eigenvalue weighted by Gasteiger charge is -2.41. The molecule has 0 fully saturated rings. The van der Waals surface area contributed by atoms with E-state index < -0.39 is 0 Å². The smallest absolute Gasteiger partial charge is 0.102 e. The number of nitrogens with zero attached hydrogens (tertiary/aromatic N) is 3. The summed E-state index contributed by atoms with van der Waals surface area (Å²) in [4.78, 5) is 11.6. The Labute approximate surface area is 237 Å². The number of halogens is 3. The van der Waals surface area contributed by atoms with Gasteiger partial charge < -0.3 is 10.2 Å². The molecule has 2 aliphatic heterocycles. The Balaban J connectivity index is 0.000000204. The summed E-state index contributed by atoms with van der Waals surface area (Å²) in [5, 5.41) is 3.33. The van der Waals surface area contributed by atoms with Crippen molar-refractivity contribution in [2.45, 2.75) is 91.4 Å². The number of nitrogens with one attached hydrogen (secondary N) is 1. The number of hydrogen-bond acceptors (Lipinski definition) is 4. The van der Waals surface area contributed by atoms with Crippen LogP contribution in [0.3, 0.4) is 0 Å². The highest BCUT2D eigenvalue weighted by Crippen LogP contribution is 2.40. The molecular weight excluding hydrogens is 632 g/mol. The van der Waals surface area contributed by atoms with Gasteiger partial charge in [-0.2, -0.15) is 0 Å². The van der Waals surface area contributed by atoms with Crippen LogP contribution in [0.5, 0.6) is 0 Å². The molecule has 0 radical (unpaired) electrons. The number of rotatable bonds is 1. The minimum absolute atomic E-state index is 0.00902. The zero-order chi connectivity index (χ0) is 26.8. The number of anilines is 1. The first-order valence-electron chi connectivity index (χ1n) is 11.8. The van der Waals surface area contributed by atoms with E-state index in [-0.39, 0.29) is 22.2 Å². The highest BCUT2D eigenvalue weighted by atomic mass is 79.9. The molecule has 0 amide bonds. The van der Waals surface area contributed by atoms with Gasteiger partial charge in [-0.1, -0.05) is 47.8 Å². The molecule has 1 N–H and O–H groups in total. The van der Waals surface area contributed by atoms with Crippen LogP contribution in [-0.2, 0) is 0 Å². The molecule has 0 aliphatic carbocycles. The van der Waals surface area contributed by atoms with Crippen LogP contribution in [-0.4, -0.2) is 33.8 Å². The van der Waals surface area contributed by atoms with Gasteiger partial charge in [0.05, 0.1) is 28.0 Å². The predicted molar refractivity (Wildman–Crippen MR) is 164 cm³/mol. The van der Waals surface area contributed by atoms with Gasteiger partial charge >= 0.3 is 0 Å². The molecule has 4 rings (SSSR count). The molecule has 0 atom stereocenters. The zero-order valence-corrected chi connectivity index (χ0v) is 27.4. The first-order chi connectivity index (χ1) is 15.9. The summed E-state index contributed by atoms with van der Waals surface area (Å²) in [6.07, 6.45) is 0. The maximum atomic E-state index is 4.78. The third kappa shape index (κ3) is 7.20. The molecule has 0 aromatic heterocycles. The third-order valence-corrected chi connectivity index (χ3v) is 8.77. The lowest BCUT2D eigenvalue weighted by molar-refractivity contribution is 0.309. The van der Waals surface area contributed by atoms with Crippen molar-refractivity contribution in [1.82, 2.24) is 5.32 Å². The molecule has 2 aromatic carbocycles. The minimum Gasteiger partial charge on any atom is -0.367 e. The van der Waals surface area contributed by atoms with Crippen LogP contribution in [0.1, 0.15) is 69.2 Å². The molecule has 0 unspecified atom stereocenters. The zero-order valence-electron chi connectivity index (χ0n) is 22.6. The summed E-state index contributed by atoms with van der Waals surface area (Å²) in [6.45, 7) is 21.6. The van der Waals surface area contributed by atoms with Gasteiger partial charge in [-0.15, -0.1) is 0 Å². The highest BCUT2D eigenvalue weighted by Gasteiger charge is 2.48.